The van der Waals surface area contributed by atoms with Gasteiger partial charge >= 0.3 is 5.69 Å². The minimum Gasteiger partial charge on any atom is -0.454 e. The number of amides is 1. The molecule has 3 heterocycles. The number of hydrogen-bond acceptors (Lipinski definition) is 6. The van der Waals surface area contributed by atoms with Gasteiger partial charge in [0.25, 0.3) is 5.56 Å². The first kappa shape index (κ1) is 23.6. The van der Waals surface area contributed by atoms with Gasteiger partial charge in [-0.1, -0.05) is 33.1 Å². The van der Waals surface area contributed by atoms with Crippen molar-refractivity contribution in [2.24, 2.45) is 0 Å². The van der Waals surface area contributed by atoms with E-state index in [9.17, 15) is 14.4 Å². The molecule has 0 spiro atoms. The predicted molar refractivity (Wildman–Crippen MR) is 129 cm³/mol. The number of nitrogens with one attached hydrogen (secondary N) is 2. The number of fused-ring (bicyclic) bond motifs is 2. The number of aryl methyl sites for hydroxylation is 3. The molecular weight excluding hydrogens is 438 g/mol. The fourth-order valence-electron chi connectivity index (χ4n) is 4.12. The average Bonchev–Trinajstić information content (AvgIpc) is 3.42. The molecule has 1 aliphatic rings. The first-order valence-corrected chi connectivity index (χ1v) is 11.9. The molecule has 1 aromatic carbocycles. The molecule has 2 N–H and O–H groups in total. The lowest BCUT2D eigenvalue weighted by Gasteiger charge is -2.09. The summed E-state index contributed by atoms with van der Waals surface area (Å²) in [5.41, 5.74) is 0.530. The van der Waals surface area contributed by atoms with E-state index in [1.165, 1.54) is 4.57 Å². The third-order valence-electron chi connectivity index (χ3n) is 5.92. The molecule has 0 saturated heterocycles. The van der Waals surface area contributed by atoms with E-state index in [1.807, 2.05) is 11.5 Å². The van der Waals surface area contributed by atoms with Crippen molar-refractivity contribution in [1.82, 2.24) is 19.1 Å². The molecule has 1 aliphatic heterocycles. The number of aromatic nitrogens is 4. The van der Waals surface area contributed by atoms with Crippen LogP contribution in [0.15, 0.2) is 27.8 Å². The number of H-pyrrole nitrogens is 1. The van der Waals surface area contributed by atoms with Crippen molar-refractivity contribution >= 4 is 22.8 Å². The molecule has 0 atom stereocenters. The smallest absolute Gasteiger partial charge is 0.330 e. The maximum Gasteiger partial charge on any atom is 0.330 e. The quantitative estimate of drug-likeness (QED) is 0.416. The first-order valence-electron chi connectivity index (χ1n) is 11.9. The van der Waals surface area contributed by atoms with E-state index in [4.69, 9.17) is 9.47 Å². The van der Waals surface area contributed by atoms with Crippen molar-refractivity contribution in [1.29, 1.82) is 0 Å². The Morgan fingerprint density at radius 2 is 1.82 bits per heavy atom. The molecule has 182 valence electrons. The molecule has 2 aromatic heterocycles. The molecule has 0 aliphatic carbocycles. The normalized spacial score (nSPS) is 12.4. The molecule has 0 saturated carbocycles. The minimum atomic E-state index is -0.448. The molecule has 34 heavy (non-hydrogen) atoms. The Hall–Kier alpha value is -3.56. The maximum absolute atomic E-state index is 12.7. The summed E-state index contributed by atoms with van der Waals surface area (Å²) in [4.78, 5) is 45.0. The summed E-state index contributed by atoms with van der Waals surface area (Å²) in [7, 11) is 0. The second-order valence-electron chi connectivity index (χ2n) is 8.44. The van der Waals surface area contributed by atoms with Gasteiger partial charge in [-0.3, -0.25) is 19.1 Å². The first-order chi connectivity index (χ1) is 16.5. The number of benzene rings is 1. The number of nitrogens with zero attached hydrogens (tertiary/aromatic N) is 3. The number of carbonyl (C=O) groups excluding carboxylic acids is 1. The average molecular weight is 470 g/mol. The fourth-order valence-corrected chi connectivity index (χ4v) is 4.12. The summed E-state index contributed by atoms with van der Waals surface area (Å²) >= 11 is 0. The van der Waals surface area contributed by atoms with Crippen LogP contribution in [-0.2, 0) is 24.3 Å². The van der Waals surface area contributed by atoms with Crippen molar-refractivity contribution in [3.63, 3.8) is 0 Å². The summed E-state index contributed by atoms with van der Waals surface area (Å²) in [6, 6.07) is 5.25. The number of ether oxygens (including phenoxy) is 2. The van der Waals surface area contributed by atoms with Crippen LogP contribution in [0.3, 0.4) is 0 Å². The molecular formula is C24H31N5O5. The van der Waals surface area contributed by atoms with E-state index in [-0.39, 0.29) is 19.1 Å². The SMILES string of the molecule is CCCCCn1c(CCC(=O)Nc2ccc3c(c2)OCO3)nc2c1c(=O)[nH]c(=O)n2CCCC. The van der Waals surface area contributed by atoms with Gasteiger partial charge in [0.1, 0.15) is 5.82 Å². The van der Waals surface area contributed by atoms with Crippen LogP contribution in [0.2, 0.25) is 0 Å². The molecule has 0 unspecified atom stereocenters. The molecule has 10 nitrogen and oxygen atoms in total. The molecule has 1 amide bonds. The van der Waals surface area contributed by atoms with Crippen LogP contribution in [-0.4, -0.2) is 31.8 Å². The van der Waals surface area contributed by atoms with Crippen molar-refractivity contribution in [3.8, 4) is 11.5 Å². The Morgan fingerprint density at radius 3 is 2.62 bits per heavy atom. The third kappa shape index (κ3) is 5.00. The Balaban J connectivity index is 1.58. The topological polar surface area (TPSA) is 120 Å². The zero-order valence-electron chi connectivity index (χ0n) is 19.7. The number of rotatable bonds is 11. The number of carbonyl (C=O) groups is 1. The minimum absolute atomic E-state index is 0.170. The zero-order valence-corrected chi connectivity index (χ0v) is 19.7. The van der Waals surface area contributed by atoms with E-state index < -0.39 is 11.2 Å². The number of unbranched alkanes of at least 4 members (excludes halogenated alkanes) is 3. The Kier molecular flexibility index (Phi) is 7.34. The summed E-state index contributed by atoms with van der Waals surface area (Å²) in [5, 5.41) is 2.87. The third-order valence-corrected chi connectivity index (χ3v) is 5.92. The summed E-state index contributed by atoms with van der Waals surface area (Å²) in [6.45, 7) is 5.42. The second kappa shape index (κ2) is 10.6. The summed E-state index contributed by atoms with van der Waals surface area (Å²) in [6.07, 6.45) is 5.18. The van der Waals surface area contributed by atoms with Gasteiger partial charge < -0.3 is 19.4 Å². The molecule has 10 heteroatoms. The van der Waals surface area contributed by atoms with Crippen LogP contribution in [0.5, 0.6) is 11.5 Å². The number of anilines is 1. The van der Waals surface area contributed by atoms with Gasteiger partial charge in [-0.05, 0) is 25.0 Å². The largest absolute Gasteiger partial charge is 0.454 e. The highest BCUT2D eigenvalue weighted by Crippen LogP contribution is 2.34. The lowest BCUT2D eigenvalue weighted by molar-refractivity contribution is -0.116. The highest BCUT2D eigenvalue weighted by atomic mass is 16.7. The highest BCUT2D eigenvalue weighted by Gasteiger charge is 2.19. The summed E-state index contributed by atoms with van der Waals surface area (Å²) in [5.74, 6) is 1.70. The maximum atomic E-state index is 12.7. The zero-order chi connectivity index (χ0) is 24.1. The van der Waals surface area contributed by atoms with Crippen LogP contribution in [0, 0.1) is 0 Å². The fraction of sp³-hybridized carbons (Fsp3) is 0.500. The van der Waals surface area contributed by atoms with Crippen molar-refractivity contribution in [2.45, 2.75) is 71.9 Å². The van der Waals surface area contributed by atoms with Gasteiger partial charge in [0.2, 0.25) is 12.7 Å². The molecule has 0 fully saturated rings. The Morgan fingerprint density at radius 1 is 1.06 bits per heavy atom. The molecule has 0 radical (unpaired) electrons. The van der Waals surface area contributed by atoms with Crippen molar-refractivity contribution in [2.75, 3.05) is 12.1 Å². The van der Waals surface area contributed by atoms with E-state index >= 15 is 0 Å². The van der Waals surface area contributed by atoms with Crippen molar-refractivity contribution in [3.05, 3.63) is 44.9 Å². The van der Waals surface area contributed by atoms with Crippen LogP contribution in [0.25, 0.3) is 11.2 Å². The second-order valence-corrected chi connectivity index (χ2v) is 8.44. The predicted octanol–water partition coefficient (Wildman–Crippen LogP) is 3.18. The van der Waals surface area contributed by atoms with Crippen LogP contribution >= 0.6 is 0 Å². The number of imidazole rings is 1. The van der Waals surface area contributed by atoms with Crippen LogP contribution in [0.4, 0.5) is 5.69 Å². The van der Waals surface area contributed by atoms with Gasteiger partial charge in [-0.25, -0.2) is 9.78 Å². The van der Waals surface area contributed by atoms with Gasteiger partial charge in [-0.15, -0.1) is 0 Å². The molecule has 4 rings (SSSR count). The van der Waals surface area contributed by atoms with Gasteiger partial charge in [0, 0.05) is 37.7 Å². The van der Waals surface area contributed by atoms with Gasteiger partial charge in [-0.2, -0.15) is 0 Å². The monoisotopic (exact) mass is 469 g/mol. The summed E-state index contributed by atoms with van der Waals surface area (Å²) < 4.78 is 14.1. The molecule has 3 aromatic rings. The van der Waals surface area contributed by atoms with Gasteiger partial charge in [0.15, 0.2) is 22.7 Å². The highest BCUT2D eigenvalue weighted by molar-refractivity contribution is 5.91. The Labute approximate surface area is 196 Å². The number of aromatic amines is 1. The van der Waals surface area contributed by atoms with Crippen molar-refractivity contribution < 1.29 is 14.3 Å². The number of hydrogen-bond donors (Lipinski definition) is 2. The van der Waals surface area contributed by atoms with E-state index in [0.717, 1.165) is 32.1 Å². The van der Waals surface area contributed by atoms with E-state index in [0.29, 0.717) is 53.7 Å². The Bertz CT molecular complexity index is 1290. The van der Waals surface area contributed by atoms with Gasteiger partial charge in [0.05, 0.1) is 0 Å². The lowest BCUT2D eigenvalue weighted by Crippen LogP contribution is -2.31. The van der Waals surface area contributed by atoms with E-state index in [1.54, 1.807) is 18.2 Å². The van der Waals surface area contributed by atoms with Crippen LogP contribution < -0.4 is 26.0 Å². The standard InChI is InChI=1S/C24H31N5O5/c1-3-5-7-13-28-19(26-22-21(28)23(31)27-24(32)29(22)12-6-4-2)10-11-20(30)25-16-8-9-17-18(14-16)34-15-33-17/h8-9,14H,3-7,10-13,15H2,1-2H3,(H,25,30)(H,27,31,32). The molecule has 0 bridgehead atoms. The van der Waals surface area contributed by atoms with Crippen LogP contribution in [0.1, 0.15) is 58.2 Å². The lowest BCUT2D eigenvalue weighted by atomic mass is 10.2. The van der Waals surface area contributed by atoms with E-state index in [2.05, 4.69) is 22.2 Å².